The summed E-state index contributed by atoms with van der Waals surface area (Å²) in [7, 11) is 0. The van der Waals surface area contributed by atoms with Gasteiger partial charge >= 0.3 is 5.97 Å². The fraction of sp³-hybridized carbons (Fsp3) is 0.740. The summed E-state index contributed by atoms with van der Waals surface area (Å²) in [6.45, 7) is 11.5. The van der Waals surface area contributed by atoms with Crippen LogP contribution in [0.4, 0.5) is 0 Å². The molecule has 1 amide bonds. The number of Topliss-reactive ketones (excluding diaryl/α,β-unsaturated/α-hetero) is 3. The van der Waals surface area contributed by atoms with Crippen molar-refractivity contribution in [1.82, 2.24) is 4.90 Å². The van der Waals surface area contributed by atoms with E-state index in [0.717, 1.165) is 4.90 Å². The zero-order valence-corrected chi connectivity index (χ0v) is 39.1. The fourth-order valence-corrected chi connectivity index (χ4v) is 10.1. The van der Waals surface area contributed by atoms with Crippen LogP contribution in [0.1, 0.15) is 126 Å². The van der Waals surface area contributed by atoms with Crippen molar-refractivity contribution in [2.24, 2.45) is 47.3 Å². The minimum Gasteiger partial charge on any atom is -0.460 e. The molecule has 15 atom stereocenters. The molecule has 0 radical (unpaired) electrons. The lowest BCUT2D eigenvalue weighted by atomic mass is 9.75. The third-order valence-corrected chi connectivity index (χ3v) is 14.5. The predicted molar refractivity (Wildman–Crippen MR) is 240 cm³/mol. The van der Waals surface area contributed by atoms with Crippen LogP contribution in [0.5, 0.6) is 0 Å². The Bertz CT molecular complexity index is 1740. The third-order valence-electron chi connectivity index (χ3n) is 14.5. The van der Waals surface area contributed by atoms with E-state index in [9.17, 15) is 54.6 Å². The molecule has 2 bridgehead atoms. The number of rotatable bonds is 5. The zero-order valence-electron chi connectivity index (χ0n) is 39.1. The minimum atomic E-state index is -2.50. The van der Waals surface area contributed by atoms with Gasteiger partial charge in [-0.25, -0.2) is 4.79 Å². The number of carbonyl (C=O) groups is 5. The molecule has 4 aliphatic rings. The molecule has 2 unspecified atom stereocenters. The normalized spacial score (nSPS) is 38.2. The second-order valence-electron chi connectivity index (χ2n) is 19.7. The molecule has 2 saturated heterocycles. The Morgan fingerprint density at radius 1 is 0.859 bits per heavy atom. The Labute approximate surface area is 379 Å². The Kier molecular flexibility index (Phi) is 20.3. The van der Waals surface area contributed by atoms with E-state index in [2.05, 4.69) is 0 Å². The van der Waals surface area contributed by atoms with Gasteiger partial charge in [0.05, 0.1) is 36.9 Å². The number of nitrogens with zero attached hydrogens (tertiary/aromatic N) is 1. The average molecular weight is 900 g/mol. The van der Waals surface area contributed by atoms with Gasteiger partial charge < -0.3 is 45.0 Å². The molecular formula is C50H77NO13. The van der Waals surface area contributed by atoms with Crippen molar-refractivity contribution in [3.63, 3.8) is 0 Å². The molecule has 3 heterocycles. The molecule has 0 spiro atoms. The molecule has 4 rings (SSSR count). The Morgan fingerprint density at radius 3 is 2.27 bits per heavy atom. The number of fused-ring (bicyclic) bond motifs is 3. The second kappa shape index (κ2) is 24.4. The summed E-state index contributed by atoms with van der Waals surface area (Å²) in [5.41, 5.74) is 0.873. The van der Waals surface area contributed by atoms with E-state index in [4.69, 9.17) is 9.47 Å². The van der Waals surface area contributed by atoms with Crippen molar-refractivity contribution in [3.8, 4) is 0 Å². The lowest BCUT2D eigenvalue weighted by molar-refractivity contribution is -0.265. The third kappa shape index (κ3) is 13.8. The fourth-order valence-electron chi connectivity index (χ4n) is 10.1. The van der Waals surface area contributed by atoms with Gasteiger partial charge in [-0.3, -0.25) is 19.2 Å². The van der Waals surface area contributed by atoms with Crippen LogP contribution in [0.15, 0.2) is 47.6 Å². The summed E-state index contributed by atoms with van der Waals surface area (Å²) in [6, 6.07) is -1.18. The number of aliphatic hydroxyl groups is 6. The minimum absolute atomic E-state index is 0.0332. The molecule has 360 valence electrons. The van der Waals surface area contributed by atoms with Gasteiger partial charge in [0.1, 0.15) is 17.9 Å². The van der Waals surface area contributed by atoms with Crippen LogP contribution >= 0.6 is 0 Å². The Morgan fingerprint density at radius 2 is 1.58 bits per heavy atom. The molecule has 14 nitrogen and oxygen atoms in total. The van der Waals surface area contributed by atoms with E-state index in [1.54, 1.807) is 58.9 Å². The van der Waals surface area contributed by atoms with Gasteiger partial charge in [-0.2, -0.15) is 0 Å². The highest BCUT2D eigenvalue weighted by Gasteiger charge is 2.53. The van der Waals surface area contributed by atoms with Gasteiger partial charge in [0.15, 0.2) is 5.78 Å². The lowest BCUT2D eigenvalue weighted by Gasteiger charge is -2.42. The number of carbonyl (C=O) groups excluding carboxylic acids is 5. The Balaban J connectivity index is 1.69. The van der Waals surface area contributed by atoms with Gasteiger partial charge in [0.25, 0.3) is 11.7 Å². The van der Waals surface area contributed by atoms with Crippen molar-refractivity contribution in [3.05, 3.63) is 47.6 Å². The van der Waals surface area contributed by atoms with Crippen LogP contribution in [-0.4, -0.2) is 127 Å². The highest BCUT2D eigenvalue weighted by molar-refractivity contribution is 6.39. The molecule has 1 saturated carbocycles. The quantitative estimate of drug-likeness (QED) is 0.163. The molecule has 3 fully saturated rings. The van der Waals surface area contributed by atoms with Gasteiger partial charge in [-0.05, 0) is 107 Å². The molecule has 0 aromatic heterocycles. The highest BCUT2D eigenvalue weighted by atomic mass is 16.6. The van der Waals surface area contributed by atoms with Crippen molar-refractivity contribution in [2.45, 2.75) is 168 Å². The van der Waals surface area contributed by atoms with Crippen LogP contribution in [0.25, 0.3) is 0 Å². The van der Waals surface area contributed by atoms with E-state index in [-0.39, 0.29) is 67.3 Å². The molecule has 1 aliphatic carbocycles. The number of cyclic esters (lactones) is 1. The maximum atomic E-state index is 14.3. The second-order valence-corrected chi connectivity index (χ2v) is 19.7. The monoisotopic (exact) mass is 900 g/mol. The summed E-state index contributed by atoms with van der Waals surface area (Å²) < 4.78 is 12.2. The topological polar surface area (TPSA) is 228 Å². The van der Waals surface area contributed by atoms with E-state index < -0.39 is 96.2 Å². The van der Waals surface area contributed by atoms with E-state index in [0.29, 0.717) is 63.4 Å². The van der Waals surface area contributed by atoms with E-state index >= 15 is 0 Å². The zero-order chi connectivity index (χ0) is 47.5. The number of allylic oxidation sites excluding steroid dienone is 6. The van der Waals surface area contributed by atoms with Crippen LogP contribution in [0.3, 0.4) is 0 Å². The number of hydrogen-bond acceptors (Lipinski definition) is 13. The van der Waals surface area contributed by atoms with Crippen LogP contribution in [0, 0.1) is 47.3 Å². The van der Waals surface area contributed by atoms with Crippen LogP contribution in [0.2, 0.25) is 0 Å². The maximum Gasteiger partial charge on any atom is 0.329 e. The first-order valence-electron chi connectivity index (χ1n) is 23.7. The molecule has 6 N–H and O–H groups in total. The molecule has 0 aromatic rings. The first-order valence-corrected chi connectivity index (χ1v) is 23.7. The molecule has 0 aromatic carbocycles. The summed E-state index contributed by atoms with van der Waals surface area (Å²) >= 11 is 0. The largest absolute Gasteiger partial charge is 0.460 e. The average Bonchev–Trinajstić information content (AvgIpc) is 3.26. The summed E-state index contributed by atoms with van der Waals surface area (Å²) in [4.78, 5) is 71.3. The van der Waals surface area contributed by atoms with Crippen LogP contribution in [-0.2, 0) is 33.4 Å². The Hall–Kier alpha value is -3.37. The van der Waals surface area contributed by atoms with Gasteiger partial charge in [0.2, 0.25) is 5.79 Å². The number of hydrogen-bond donors (Lipinski definition) is 6. The van der Waals surface area contributed by atoms with Gasteiger partial charge in [0, 0.05) is 49.7 Å². The lowest BCUT2D eigenvalue weighted by Crippen LogP contribution is -2.61. The van der Waals surface area contributed by atoms with Crippen LogP contribution < -0.4 is 0 Å². The molecule has 3 aliphatic heterocycles. The first kappa shape index (κ1) is 53.2. The smallest absolute Gasteiger partial charge is 0.329 e. The van der Waals surface area contributed by atoms with Gasteiger partial charge in [-0.1, -0.05) is 71.1 Å². The molecule has 64 heavy (non-hydrogen) atoms. The number of amides is 1. The number of esters is 1. The molecule has 14 heteroatoms. The van der Waals surface area contributed by atoms with Crippen molar-refractivity contribution in [2.75, 3.05) is 19.8 Å². The van der Waals surface area contributed by atoms with Crippen molar-refractivity contribution < 1.29 is 64.1 Å². The highest BCUT2D eigenvalue weighted by Crippen LogP contribution is 2.38. The number of aliphatic hydroxyl groups excluding tert-OH is 5. The van der Waals surface area contributed by atoms with Gasteiger partial charge in [-0.15, -0.1) is 0 Å². The SMILES string of the molecule is CC1=CC(C)[C@@H](O)[C@@H](CO)C(=O)[C@H](C)C[C@H](C)C=CC=CC=C(C)C(O)C[C@@H]2CC[C@@H](C)[C@@](O)(O2)C(=O)C(=O)N2CCCC[C@H]2C(=O)O[C@H]([C@H](C)C[C@@H]2CC[C@@H](O)[C@H](CO)C2)CC1=O. The van der Waals surface area contributed by atoms with E-state index in [1.165, 1.54) is 0 Å². The van der Waals surface area contributed by atoms with Crippen molar-refractivity contribution >= 4 is 29.2 Å². The number of ketones is 3. The number of piperidine rings is 1. The van der Waals surface area contributed by atoms with Crippen molar-refractivity contribution in [1.29, 1.82) is 0 Å². The maximum absolute atomic E-state index is 14.3. The van der Waals surface area contributed by atoms with E-state index in [1.807, 2.05) is 26.0 Å². The predicted octanol–water partition coefficient (Wildman–Crippen LogP) is 4.71. The summed E-state index contributed by atoms with van der Waals surface area (Å²) in [6.07, 6.45) is 10.5. The standard InChI is InChI=1S/C50H77NO13/c1-29-13-9-8-10-14-30(2)42(55)25-38-18-16-35(7)50(62,64-38)47(59)48(60)51-20-12-11-15-40(51)49(61)63-44(32(4)23-36-17-19-41(54)37(24-36)27-52)26-43(56)31(3)22-34(6)46(58)39(28-53)45(57)33(5)21-29/h8-10,13-14,22,29,32-42,44,46,52-55,58,62H,11-12,15-21,23-28H2,1-7H3/t29-,32-,33-,34?,35-,36+,37+,38+,39+,40+,41-,42?,44+,46-,50-/m1/s1. The summed E-state index contributed by atoms with van der Waals surface area (Å²) in [5, 5.41) is 64.9. The number of ether oxygens (including phenoxy) is 2. The first-order chi connectivity index (χ1) is 30.2. The summed E-state index contributed by atoms with van der Waals surface area (Å²) in [5.74, 6) is -9.97. The molecular weight excluding hydrogens is 823 g/mol.